The molecule has 0 radical (unpaired) electrons. The number of carbonyl (C=O) groups excluding carboxylic acids is 3. The maximum Gasteiger partial charge on any atom is 0.323 e. The average molecular weight is 629 g/mol. The number of Topliss-reactive ketones (excluding diaryl/α,β-unsaturated/α-hetero) is 1. The number of hydrogen-bond acceptors (Lipinski definition) is 8. The molecular weight excluding hydrogens is 596 g/mol. The Kier molecular flexibility index (Phi) is 8.05. The van der Waals surface area contributed by atoms with E-state index in [1.165, 1.54) is 6.20 Å². The number of hydrogen-bond donors (Lipinski definition) is 3. The number of anilines is 3. The van der Waals surface area contributed by atoms with Crippen LogP contribution in [0.4, 0.5) is 21.9 Å². The smallest absolute Gasteiger partial charge is 0.323 e. The van der Waals surface area contributed by atoms with Gasteiger partial charge in [-0.05, 0) is 66.9 Å². The van der Waals surface area contributed by atoms with Crippen LogP contribution in [0.1, 0.15) is 34.3 Å². The van der Waals surface area contributed by atoms with Gasteiger partial charge in [-0.1, -0.05) is 6.07 Å². The molecule has 2 aliphatic heterocycles. The normalized spacial score (nSPS) is 15.4. The first-order valence-electron chi connectivity index (χ1n) is 15.3. The van der Waals surface area contributed by atoms with Gasteiger partial charge in [0.2, 0.25) is 11.7 Å². The molecule has 7 rings (SSSR count). The third kappa shape index (κ3) is 6.25. The Balaban J connectivity index is 1.06. The molecular formula is C35H32N8O4. The number of amides is 3. The predicted molar refractivity (Wildman–Crippen MR) is 178 cm³/mol. The fourth-order valence-electron chi connectivity index (χ4n) is 6.05. The molecule has 5 aromatic rings. The number of nitrogens with one attached hydrogen (secondary N) is 3. The Hall–Kier alpha value is -6.04. The van der Waals surface area contributed by atoms with Crippen molar-refractivity contribution in [3.05, 3.63) is 108 Å². The Labute approximate surface area is 270 Å². The second kappa shape index (κ2) is 12.8. The van der Waals surface area contributed by atoms with Crippen LogP contribution in [0.15, 0.2) is 91.5 Å². The van der Waals surface area contributed by atoms with Gasteiger partial charge in [0.25, 0.3) is 0 Å². The summed E-state index contributed by atoms with van der Waals surface area (Å²) in [5, 5.41) is 9.41. The molecule has 236 valence electrons. The topological polar surface area (TPSA) is 143 Å². The molecule has 12 nitrogen and oxygen atoms in total. The van der Waals surface area contributed by atoms with Gasteiger partial charge in [-0.15, -0.1) is 0 Å². The summed E-state index contributed by atoms with van der Waals surface area (Å²) in [6, 6.07) is 13.7. The number of aromatic nitrogens is 4. The van der Waals surface area contributed by atoms with Gasteiger partial charge in [-0.2, -0.15) is 0 Å². The summed E-state index contributed by atoms with van der Waals surface area (Å²) in [6.45, 7) is 1.88. The van der Waals surface area contributed by atoms with E-state index in [1.807, 2.05) is 36.0 Å². The van der Waals surface area contributed by atoms with Crippen LogP contribution in [-0.2, 0) is 18.4 Å². The van der Waals surface area contributed by atoms with Crippen LogP contribution in [0.3, 0.4) is 0 Å². The van der Waals surface area contributed by atoms with Crippen molar-refractivity contribution in [1.29, 1.82) is 0 Å². The summed E-state index contributed by atoms with van der Waals surface area (Å²) in [4.78, 5) is 53.9. The summed E-state index contributed by atoms with van der Waals surface area (Å²) in [6.07, 6.45) is 13.5. The number of piperidine rings is 1. The van der Waals surface area contributed by atoms with Crippen molar-refractivity contribution in [1.82, 2.24) is 24.8 Å². The SMILES string of the molecule is Cn1cc(C=C2Oc3ccc(NC(=O)Nc4cccnc4)cc3C2=O)c2c(N3CCC(C(=O)NCc4cccnc4)CC3)ccnc21. The van der Waals surface area contributed by atoms with Gasteiger partial charge in [0.15, 0.2) is 5.76 Å². The Morgan fingerprint density at radius 1 is 0.979 bits per heavy atom. The molecule has 0 bridgehead atoms. The standard InChI is InChI=1S/C35H32N8O4/c1-42-21-24(16-30-32(44)27-17-25(6-7-29(27)47-30)40-35(46)41-26-5-3-12-37-20-26)31-28(8-13-38-33(31)42)43-14-9-23(10-15-43)34(45)39-19-22-4-2-11-36-18-22/h2-8,11-13,16-18,20-21,23H,9-10,14-15,19H2,1H3,(H,39,45)(H2,40,41,46). The van der Waals surface area contributed by atoms with E-state index in [0.29, 0.717) is 42.3 Å². The number of ether oxygens (including phenoxy) is 1. The monoisotopic (exact) mass is 628 g/mol. The zero-order valence-corrected chi connectivity index (χ0v) is 25.6. The van der Waals surface area contributed by atoms with Gasteiger partial charge >= 0.3 is 6.03 Å². The molecule has 0 atom stereocenters. The summed E-state index contributed by atoms with van der Waals surface area (Å²) in [5.74, 6) is 0.311. The van der Waals surface area contributed by atoms with E-state index in [0.717, 1.165) is 40.7 Å². The van der Waals surface area contributed by atoms with E-state index in [9.17, 15) is 14.4 Å². The highest BCUT2D eigenvalue weighted by Crippen LogP contribution is 2.37. The maximum atomic E-state index is 13.5. The molecule has 0 spiro atoms. The molecule has 1 aromatic carbocycles. The molecule has 12 heteroatoms. The average Bonchev–Trinajstić information content (AvgIpc) is 3.59. The zero-order chi connectivity index (χ0) is 32.3. The fourth-order valence-corrected chi connectivity index (χ4v) is 6.05. The molecule has 2 aliphatic rings. The molecule has 0 unspecified atom stereocenters. The molecule has 3 amide bonds. The minimum absolute atomic E-state index is 0.0578. The van der Waals surface area contributed by atoms with Crippen LogP contribution in [0.5, 0.6) is 5.75 Å². The highest BCUT2D eigenvalue weighted by Gasteiger charge is 2.30. The van der Waals surface area contributed by atoms with Gasteiger partial charge in [0.05, 0.1) is 17.4 Å². The first kappa shape index (κ1) is 29.7. The first-order valence-corrected chi connectivity index (χ1v) is 15.3. The summed E-state index contributed by atoms with van der Waals surface area (Å²) in [5.41, 5.74) is 4.90. The van der Waals surface area contributed by atoms with Crippen LogP contribution < -0.4 is 25.6 Å². The summed E-state index contributed by atoms with van der Waals surface area (Å²) < 4.78 is 7.93. The first-order chi connectivity index (χ1) is 22.9. The highest BCUT2D eigenvalue weighted by atomic mass is 16.5. The van der Waals surface area contributed by atoms with Crippen molar-refractivity contribution in [2.75, 3.05) is 28.6 Å². The van der Waals surface area contributed by atoms with Crippen molar-refractivity contribution in [2.45, 2.75) is 19.4 Å². The Morgan fingerprint density at radius 2 is 1.77 bits per heavy atom. The van der Waals surface area contributed by atoms with E-state index in [1.54, 1.807) is 61.2 Å². The number of carbonyl (C=O) groups is 3. The largest absolute Gasteiger partial charge is 0.452 e. The molecule has 6 heterocycles. The summed E-state index contributed by atoms with van der Waals surface area (Å²) in [7, 11) is 1.92. The number of aryl methyl sites for hydroxylation is 1. The number of rotatable bonds is 7. The Bertz CT molecular complexity index is 2000. The lowest BCUT2D eigenvalue weighted by Crippen LogP contribution is -2.40. The molecule has 0 saturated carbocycles. The lowest BCUT2D eigenvalue weighted by Gasteiger charge is -2.33. The third-order valence-corrected chi connectivity index (χ3v) is 8.39. The van der Waals surface area contributed by atoms with Gasteiger partial charge in [0.1, 0.15) is 11.4 Å². The second-order valence-electron chi connectivity index (χ2n) is 11.5. The maximum absolute atomic E-state index is 13.5. The van der Waals surface area contributed by atoms with Gasteiger partial charge in [-0.25, -0.2) is 9.78 Å². The number of ketones is 1. The highest BCUT2D eigenvalue weighted by molar-refractivity contribution is 6.16. The van der Waals surface area contributed by atoms with E-state index >= 15 is 0 Å². The van der Waals surface area contributed by atoms with Crippen molar-refractivity contribution in [3.63, 3.8) is 0 Å². The molecule has 0 aliphatic carbocycles. The van der Waals surface area contributed by atoms with Crippen LogP contribution in [0, 0.1) is 5.92 Å². The molecule has 47 heavy (non-hydrogen) atoms. The van der Waals surface area contributed by atoms with E-state index < -0.39 is 6.03 Å². The minimum Gasteiger partial charge on any atom is -0.452 e. The van der Waals surface area contributed by atoms with Crippen LogP contribution >= 0.6 is 0 Å². The number of nitrogens with zero attached hydrogens (tertiary/aromatic N) is 5. The van der Waals surface area contributed by atoms with Crippen molar-refractivity contribution < 1.29 is 19.1 Å². The van der Waals surface area contributed by atoms with Crippen LogP contribution in [-0.4, -0.2) is 50.3 Å². The van der Waals surface area contributed by atoms with Crippen molar-refractivity contribution in [2.24, 2.45) is 13.0 Å². The second-order valence-corrected chi connectivity index (χ2v) is 11.5. The van der Waals surface area contributed by atoms with E-state index in [2.05, 4.69) is 35.8 Å². The molecule has 1 fully saturated rings. The van der Waals surface area contributed by atoms with Crippen LogP contribution in [0.2, 0.25) is 0 Å². The minimum atomic E-state index is -0.453. The number of benzene rings is 1. The lowest BCUT2D eigenvalue weighted by atomic mass is 9.95. The van der Waals surface area contributed by atoms with Crippen LogP contribution in [0.25, 0.3) is 17.1 Å². The van der Waals surface area contributed by atoms with Gasteiger partial charge in [0, 0.05) is 85.9 Å². The quantitative estimate of drug-likeness (QED) is 0.210. The molecule has 3 N–H and O–H groups in total. The van der Waals surface area contributed by atoms with Gasteiger partial charge in [-0.3, -0.25) is 19.6 Å². The fraction of sp³-hybridized carbons (Fsp3) is 0.200. The Morgan fingerprint density at radius 3 is 2.53 bits per heavy atom. The molecule has 4 aromatic heterocycles. The number of urea groups is 1. The van der Waals surface area contributed by atoms with E-state index in [4.69, 9.17) is 4.74 Å². The van der Waals surface area contributed by atoms with Gasteiger partial charge < -0.3 is 30.2 Å². The predicted octanol–water partition coefficient (Wildman–Crippen LogP) is 5.16. The number of pyridine rings is 3. The van der Waals surface area contributed by atoms with Crippen molar-refractivity contribution >= 4 is 51.9 Å². The third-order valence-electron chi connectivity index (χ3n) is 8.39. The zero-order valence-electron chi connectivity index (χ0n) is 25.6. The summed E-state index contributed by atoms with van der Waals surface area (Å²) >= 11 is 0. The lowest BCUT2D eigenvalue weighted by molar-refractivity contribution is -0.125. The molecule has 1 saturated heterocycles. The number of allylic oxidation sites excluding steroid dienone is 1. The van der Waals surface area contributed by atoms with Crippen molar-refractivity contribution in [3.8, 4) is 5.75 Å². The van der Waals surface area contributed by atoms with E-state index in [-0.39, 0.29) is 23.4 Å². The number of fused-ring (bicyclic) bond motifs is 2.